The fourth-order valence-electron chi connectivity index (χ4n) is 3.26. The molecule has 2 aromatic rings. The van der Waals surface area contributed by atoms with Crippen molar-refractivity contribution in [1.82, 2.24) is 15.2 Å². The Balaban J connectivity index is 1.58. The number of hydrogen-bond donors (Lipinski definition) is 1. The third-order valence-corrected chi connectivity index (χ3v) is 4.75. The molecule has 2 heterocycles. The van der Waals surface area contributed by atoms with Crippen LogP contribution in [0, 0.1) is 0 Å². The van der Waals surface area contributed by atoms with Crippen molar-refractivity contribution in [3.63, 3.8) is 0 Å². The molecule has 1 saturated heterocycles. The first-order valence-corrected chi connectivity index (χ1v) is 10.2. The highest BCUT2D eigenvalue weighted by Gasteiger charge is 2.20. The van der Waals surface area contributed by atoms with Crippen molar-refractivity contribution in [1.29, 1.82) is 0 Å². The maximum Gasteiger partial charge on any atom is 0.194 e. The van der Waals surface area contributed by atoms with Crippen LogP contribution in [0.4, 0.5) is 5.82 Å². The van der Waals surface area contributed by atoms with E-state index in [1.165, 1.54) is 0 Å². The van der Waals surface area contributed by atoms with Crippen LogP contribution >= 0.6 is 0 Å². The van der Waals surface area contributed by atoms with E-state index in [2.05, 4.69) is 39.2 Å². The molecule has 0 amide bonds. The van der Waals surface area contributed by atoms with Crippen molar-refractivity contribution in [2.45, 2.75) is 13.5 Å². The van der Waals surface area contributed by atoms with Crippen LogP contribution in [0.25, 0.3) is 0 Å². The third-order valence-electron chi connectivity index (χ3n) is 4.75. The van der Waals surface area contributed by atoms with Crippen LogP contribution in [0.5, 0.6) is 5.75 Å². The van der Waals surface area contributed by atoms with Crippen LogP contribution in [0.1, 0.15) is 12.5 Å². The lowest BCUT2D eigenvalue weighted by Crippen LogP contribution is -2.52. The molecule has 1 aliphatic heterocycles. The normalized spacial score (nSPS) is 14.8. The predicted octanol–water partition coefficient (Wildman–Crippen LogP) is 2.39. The molecule has 1 N–H and O–H groups in total. The summed E-state index contributed by atoms with van der Waals surface area (Å²) in [7, 11) is 1.67. The van der Waals surface area contributed by atoms with Gasteiger partial charge in [0, 0.05) is 46.0 Å². The second-order valence-corrected chi connectivity index (χ2v) is 6.82. The molecule has 0 bridgehead atoms. The number of benzene rings is 1. The van der Waals surface area contributed by atoms with E-state index >= 15 is 0 Å². The highest BCUT2D eigenvalue weighted by atomic mass is 16.5. The number of aromatic nitrogens is 1. The number of piperazine rings is 1. The minimum absolute atomic E-state index is 0.548. The van der Waals surface area contributed by atoms with E-state index in [1.807, 2.05) is 36.5 Å². The van der Waals surface area contributed by atoms with Gasteiger partial charge in [-0.3, -0.25) is 0 Å². The average molecular weight is 398 g/mol. The Morgan fingerprint density at radius 1 is 1.10 bits per heavy atom. The summed E-state index contributed by atoms with van der Waals surface area (Å²) in [6, 6.07) is 14.1. The third kappa shape index (κ3) is 6.35. The van der Waals surface area contributed by atoms with Gasteiger partial charge in [0.1, 0.15) is 18.2 Å². The van der Waals surface area contributed by atoms with Gasteiger partial charge in [0.25, 0.3) is 0 Å². The van der Waals surface area contributed by atoms with Gasteiger partial charge in [0.15, 0.2) is 5.96 Å². The van der Waals surface area contributed by atoms with E-state index in [0.717, 1.165) is 55.8 Å². The number of aliphatic imine (C=N–C) groups is 1. The summed E-state index contributed by atoms with van der Waals surface area (Å²) in [4.78, 5) is 14.0. The molecule has 1 fully saturated rings. The van der Waals surface area contributed by atoms with Crippen molar-refractivity contribution in [2.24, 2.45) is 4.99 Å². The summed E-state index contributed by atoms with van der Waals surface area (Å²) >= 11 is 0. The highest BCUT2D eigenvalue weighted by molar-refractivity contribution is 5.80. The fourth-order valence-corrected chi connectivity index (χ4v) is 3.26. The second-order valence-electron chi connectivity index (χ2n) is 6.82. The molecule has 0 saturated carbocycles. The number of pyridine rings is 1. The largest absolute Gasteiger partial charge is 0.491 e. The Bertz CT molecular complexity index is 761. The zero-order chi connectivity index (χ0) is 20.3. The summed E-state index contributed by atoms with van der Waals surface area (Å²) in [6.07, 6.45) is 1.85. The lowest BCUT2D eigenvalue weighted by molar-refractivity contribution is 0.146. The Morgan fingerprint density at radius 3 is 2.69 bits per heavy atom. The van der Waals surface area contributed by atoms with Gasteiger partial charge in [-0.25, -0.2) is 9.98 Å². The molecule has 3 rings (SSSR count). The van der Waals surface area contributed by atoms with E-state index in [1.54, 1.807) is 7.11 Å². The van der Waals surface area contributed by atoms with E-state index in [0.29, 0.717) is 19.8 Å². The highest BCUT2D eigenvalue weighted by Crippen LogP contribution is 2.15. The zero-order valence-corrected chi connectivity index (χ0v) is 17.4. The van der Waals surface area contributed by atoms with Crippen LogP contribution in [-0.2, 0) is 11.3 Å². The smallest absolute Gasteiger partial charge is 0.194 e. The SMILES string of the molecule is CCNC(=NCc1cccc(OCCOC)c1)N1CCN(c2ccccn2)CC1. The topological polar surface area (TPSA) is 62.2 Å². The van der Waals surface area contributed by atoms with Crippen LogP contribution in [0.2, 0.25) is 0 Å². The van der Waals surface area contributed by atoms with Gasteiger partial charge in [-0.05, 0) is 36.8 Å². The van der Waals surface area contributed by atoms with Crippen molar-refractivity contribution in [2.75, 3.05) is 57.9 Å². The van der Waals surface area contributed by atoms with E-state index in [-0.39, 0.29) is 0 Å². The van der Waals surface area contributed by atoms with Gasteiger partial charge >= 0.3 is 0 Å². The molecule has 7 heteroatoms. The van der Waals surface area contributed by atoms with Crippen LogP contribution in [0.3, 0.4) is 0 Å². The number of ether oxygens (including phenoxy) is 2. The first-order valence-electron chi connectivity index (χ1n) is 10.2. The molecule has 29 heavy (non-hydrogen) atoms. The average Bonchev–Trinajstić information content (AvgIpc) is 2.78. The predicted molar refractivity (Wildman–Crippen MR) is 117 cm³/mol. The van der Waals surface area contributed by atoms with E-state index in [9.17, 15) is 0 Å². The molecule has 0 aliphatic carbocycles. The Labute approximate surface area is 173 Å². The Kier molecular flexibility index (Phi) is 8.12. The zero-order valence-electron chi connectivity index (χ0n) is 17.4. The summed E-state index contributed by atoms with van der Waals surface area (Å²) in [5.41, 5.74) is 1.13. The number of anilines is 1. The summed E-state index contributed by atoms with van der Waals surface area (Å²) < 4.78 is 10.7. The molecule has 156 valence electrons. The van der Waals surface area contributed by atoms with Gasteiger partial charge < -0.3 is 24.6 Å². The number of methoxy groups -OCH3 is 1. The summed E-state index contributed by atoms with van der Waals surface area (Å²) in [5.74, 6) is 2.85. The standard InChI is InChI=1S/C22H31N5O2/c1-3-23-22(25-18-19-7-6-8-20(17-19)29-16-15-28-2)27-13-11-26(12-14-27)21-9-4-5-10-24-21/h4-10,17H,3,11-16,18H2,1-2H3,(H,23,25). The number of nitrogens with zero attached hydrogens (tertiary/aromatic N) is 4. The fraction of sp³-hybridized carbons (Fsp3) is 0.455. The molecule has 7 nitrogen and oxygen atoms in total. The van der Waals surface area contributed by atoms with E-state index < -0.39 is 0 Å². The maximum absolute atomic E-state index is 5.70. The molecule has 1 aliphatic rings. The number of nitrogens with one attached hydrogen (secondary N) is 1. The van der Waals surface area contributed by atoms with Gasteiger partial charge in [0.05, 0.1) is 13.2 Å². The Hall–Kier alpha value is -2.80. The summed E-state index contributed by atoms with van der Waals surface area (Å²) in [6.45, 7) is 8.40. The van der Waals surface area contributed by atoms with Gasteiger partial charge in [0.2, 0.25) is 0 Å². The van der Waals surface area contributed by atoms with Crippen molar-refractivity contribution >= 4 is 11.8 Å². The van der Waals surface area contributed by atoms with Gasteiger partial charge in [-0.15, -0.1) is 0 Å². The molecule has 0 unspecified atom stereocenters. The van der Waals surface area contributed by atoms with Crippen molar-refractivity contribution < 1.29 is 9.47 Å². The number of rotatable bonds is 8. The maximum atomic E-state index is 5.70. The summed E-state index contributed by atoms with van der Waals surface area (Å²) in [5, 5.41) is 3.43. The lowest BCUT2D eigenvalue weighted by atomic mass is 10.2. The molecular formula is C22H31N5O2. The van der Waals surface area contributed by atoms with Gasteiger partial charge in [-0.2, -0.15) is 0 Å². The molecule has 0 spiro atoms. The quantitative estimate of drug-likeness (QED) is 0.419. The molecular weight excluding hydrogens is 366 g/mol. The van der Waals surface area contributed by atoms with Gasteiger partial charge in [-0.1, -0.05) is 18.2 Å². The number of guanidine groups is 1. The molecule has 0 atom stereocenters. The first kappa shape index (κ1) is 20.9. The second kappa shape index (κ2) is 11.3. The van der Waals surface area contributed by atoms with Crippen LogP contribution in [-0.4, -0.2) is 68.9 Å². The monoisotopic (exact) mass is 397 g/mol. The molecule has 1 aromatic heterocycles. The van der Waals surface area contributed by atoms with Crippen LogP contribution < -0.4 is 15.0 Å². The van der Waals surface area contributed by atoms with Crippen molar-refractivity contribution in [3.8, 4) is 5.75 Å². The minimum Gasteiger partial charge on any atom is -0.491 e. The molecule has 1 aromatic carbocycles. The minimum atomic E-state index is 0.548. The van der Waals surface area contributed by atoms with Crippen molar-refractivity contribution in [3.05, 3.63) is 54.2 Å². The molecule has 0 radical (unpaired) electrons. The first-order chi connectivity index (χ1) is 14.3. The van der Waals surface area contributed by atoms with Crippen LogP contribution in [0.15, 0.2) is 53.7 Å². The lowest BCUT2D eigenvalue weighted by Gasteiger charge is -2.37. The number of hydrogen-bond acceptors (Lipinski definition) is 5. The van der Waals surface area contributed by atoms with E-state index in [4.69, 9.17) is 14.5 Å². The Morgan fingerprint density at radius 2 is 1.97 bits per heavy atom.